The van der Waals surface area contributed by atoms with Crippen molar-refractivity contribution in [1.82, 2.24) is 4.98 Å². The predicted octanol–water partition coefficient (Wildman–Crippen LogP) is 2.74. The maximum atomic E-state index is 12.3. The topological polar surface area (TPSA) is 59.4 Å². The van der Waals surface area contributed by atoms with Gasteiger partial charge in [0, 0.05) is 29.2 Å². The van der Waals surface area contributed by atoms with E-state index in [0.29, 0.717) is 23.4 Å². The van der Waals surface area contributed by atoms with E-state index in [1.165, 1.54) is 0 Å². The van der Waals surface area contributed by atoms with E-state index in [9.17, 15) is 9.59 Å². The van der Waals surface area contributed by atoms with Crippen LogP contribution in [-0.4, -0.2) is 22.3 Å². The molecule has 0 aliphatic heterocycles. The number of aromatic nitrogens is 1. The Morgan fingerprint density at radius 2 is 1.76 bits per heavy atom. The Hall–Kier alpha value is -2.62. The number of benzene rings is 1. The molecule has 0 bridgehead atoms. The number of carbonyl (C=O) groups is 2. The van der Waals surface area contributed by atoms with E-state index in [1.54, 1.807) is 43.6 Å². The van der Waals surface area contributed by atoms with Crippen LogP contribution in [0, 0.1) is 5.92 Å². The van der Waals surface area contributed by atoms with Gasteiger partial charge in [-0.25, -0.2) is 0 Å². The SMILES string of the molecule is CC(=NCc1cccnc1)C1C(=O)c2ccccc2C1=O. The van der Waals surface area contributed by atoms with Crippen molar-refractivity contribution in [1.29, 1.82) is 0 Å². The lowest BCUT2D eigenvalue weighted by Crippen LogP contribution is -2.23. The van der Waals surface area contributed by atoms with Crippen LogP contribution in [-0.2, 0) is 6.54 Å². The first-order valence-corrected chi connectivity index (χ1v) is 6.76. The molecule has 0 saturated heterocycles. The third-order valence-corrected chi connectivity index (χ3v) is 3.63. The van der Waals surface area contributed by atoms with Gasteiger partial charge in [0.1, 0.15) is 5.92 Å². The number of pyridine rings is 1. The number of rotatable bonds is 3. The maximum Gasteiger partial charge on any atom is 0.180 e. The van der Waals surface area contributed by atoms with E-state index in [-0.39, 0.29) is 11.6 Å². The standard InChI is InChI=1S/C17H14N2O2/c1-11(19-10-12-5-4-8-18-9-12)15-16(20)13-6-2-3-7-14(13)17(15)21/h2-9,15H,10H2,1H3. The Bertz CT molecular complexity index is 700. The van der Waals surface area contributed by atoms with Crippen molar-refractivity contribution >= 4 is 17.3 Å². The average molecular weight is 278 g/mol. The number of hydrogen-bond acceptors (Lipinski definition) is 4. The smallest absolute Gasteiger partial charge is 0.180 e. The zero-order valence-corrected chi connectivity index (χ0v) is 11.6. The predicted molar refractivity (Wildman–Crippen MR) is 79.6 cm³/mol. The molecule has 0 saturated carbocycles. The highest BCUT2D eigenvalue weighted by molar-refractivity contribution is 6.36. The molecule has 21 heavy (non-hydrogen) atoms. The van der Waals surface area contributed by atoms with Crippen molar-refractivity contribution in [2.24, 2.45) is 10.9 Å². The summed E-state index contributed by atoms with van der Waals surface area (Å²) in [4.78, 5) is 33.1. The molecule has 104 valence electrons. The molecular weight excluding hydrogens is 264 g/mol. The first kappa shape index (κ1) is 13.4. The van der Waals surface area contributed by atoms with Gasteiger partial charge in [-0.1, -0.05) is 30.3 Å². The molecule has 1 aromatic carbocycles. The van der Waals surface area contributed by atoms with Gasteiger partial charge in [-0.3, -0.25) is 19.6 Å². The van der Waals surface area contributed by atoms with E-state index < -0.39 is 5.92 Å². The van der Waals surface area contributed by atoms with Crippen LogP contribution in [0.3, 0.4) is 0 Å². The Morgan fingerprint density at radius 1 is 1.10 bits per heavy atom. The van der Waals surface area contributed by atoms with Crippen molar-refractivity contribution in [3.63, 3.8) is 0 Å². The van der Waals surface area contributed by atoms with Crippen LogP contribution < -0.4 is 0 Å². The molecule has 3 rings (SSSR count). The monoisotopic (exact) mass is 278 g/mol. The van der Waals surface area contributed by atoms with E-state index in [1.807, 2.05) is 12.1 Å². The van der Waals surface area contributed by atoms with Gasteiger partial charge in [-0.15, -0.1) is 0 Å². The van der Waals surface area contributed by atoms with Crippen LogP contribution in [0.4, 0.5) is 0 Å². The Morgan fingerprint density at radius 3 is 2.33 bits per heavy atom. The summed E-state index contributed by atoms with van der Waals surface area (Å²) in [7, 11) is 0. The van der Waals surface area contributed by atoms with Gasteiger partial charge in [-0.2, -0.15) is 0 Å². The van der Waals surface area contributed by atoms with E-state index in [0.717, 1.165) is 5.56 Å². The third kappa shape index (κ3) is 2.40. The lowest BCUT2D eigenvalue weighted by atomic mass is 9.99. The number of hydrogen-bond donors (Lipinski definition) is 0. The second-order valence-corrected chi connectivity index (χ2v) is 5.03. The van der Waals surface area contributed by atoms with Gasteiger partial charge >= 0.3 is 0 Å². The van der Waals surface area contributed by atoms with E-state index >= 15 is 0 Å². The number of carbonyl (C=O) groups excluding carboxylic acids is 2. The number of aliphatic imine (C=N–C) groups is 1. The second kappa shape index (κ2) is 5.40. The molecule has 0 atom stereocenters. The fraction of sp³-hybridized carbons (Fsp3) is 0.176. The van der Waals surface area contributed by atoms with Crippen molar-refractivity contribution in [3.05, 3.63) is 65.5 Å². The molecule has 0 amide bonds. The zero-order valence-electron chi connectivity index (χ0n) is 11.6. The van der Waals surface area contributed by atoms with Gasteiger partial charge in [0.25, 0.3) is 0 Å². The molecule has 0 radical (unpaired) electrons. The largest absolute Gasteiger partial charge is 0.293 e. The quantitative estimate of drug-likeness (QED) is 0.640. The van der Waals surface area contributed by atoms with Crippen molar-refractivity contribution in [3.8, 4) is 0 Å². The normalized spacial score (nSPS) is 15.4. The van der Waals surface area contributed by atoms with Crippen molar-refractivity contribution < 1.29 is 9.59 Å². The molecule has 1 aliphatic rings. The van der Waals surface area contributed by atoms with Crippen LogP contribution >= 0.6 is 0 Å². The Balaban J connectivity index is 1.85. The maximum absolute atomic E-state index is 12.3. The van der Waals surface area contributed by atoms with Crippen molar-refractivity contribution in [2.75, 3.05) is 0 Å². The van der Waals surface area contributed by atoms with Crippen LogP contribution in [0.5, 0.6) is 0 Å². The van der Waals surface area contributed by atoms with Crippen LogP contribution in [0.15, 0.2) is 53.8 Å². The first-order valence-electron chi connectivity index (χ1n) is 6.76. The number of nitrogens with zero attached hydrogens (tertiary/aromatic N) is 2. The van der Waals surface area contributed by atoms with Gasteiger partial charge < -0.3 is 0 Å². The highest BCUT2D eigenvalue weighted by Gasteiger charge is 2.39. The van der Waals surface area contributed by atoms with E-state index in [4.69, 9.17) is 0 Å². The van der Waals surface area contributed by atoms with Crippen LogP contribution in [0.25, 0.3) is 0 Å². The summed E-state index contributed by atoms with van der Waals surface area (Å²) in [6, 6.07) is 10.7. The van der Waals surface area contributed by atoms with Gasteiger partial charge in [-0.05, 0) is 18.6 Å². The zero-order chi connectivity index (χ0) is 14.8. The molecule has 0 fully saturated rings. The Kier molecular flexibility index (Phi) is 3.44. The van der Waals surface area contributed by atoms with Gasteiger partial charge in [0.05, 0.1) is 6.54 Å². The highest BCUT2D eigenvalue weighted by atomic mass is 16.2. The van der Waals surface area contributed by atoms with Gasteiger partial charge in [0.2, 0.25) is 0 Å². The number of ketones is 2. The molecule has 1 heterocycles. The molecular formula is C17H14N2O2. The summed E-state index contributed by atoms with van der Waals surface area (Å²) in [5, 5.41) is 0. The average Bonchev–Trinajstić information content (AvgIpc) is 2.78. The highest BCUT2D eigenvalue weighted by Crippen LogP contribution is 2.27. The minimum absolute atomic E-state index is 0.150. The molecule has 4 nitrogen and oxygen atoms in total. The molecule has 1 aromatic heterocycles. The molecule has 1 aliphatic carbocycles. The summed E-state index contributed by atoms with van der Waals surface area (Å²) >= 11 is 0. The lowest BCUT2D eigenvalue weighted by molar-refractivity contribution is 0.0883. The minimum Gasteiger partial charge on any atom is -0.293 e. The number of Topliss-reactive ketones (excluding diaryl/α,β-unsaturated/α-hetero) is 2. The van der Waals surface area contributed by atoms with Gasteiger partial charge in [0.15, 0.2) is 11.6 Å². The van der Waals surface area contributed by atoms with Crippen molar-refractivity contribution in [2.45, 2.75) is 13.5 Å². The summed E-state index contributed by atoms with van der Waals surface area (Å²) < 4.78 is 0. The minimum atomic E-state index is -0.765. The third-order valence-electron chi connectivity index (χ3n) is 3.63. The van der Waals surface area contributed by atoms with E-state index in [2.05, 4.69) is 9.98 Å². The molecule has 0 unspecified atom stereocenters. The van der Waals surface area contributed by atoms with Crippen LogP contribution in [0.2, 0.25) is 0 Å². The first-order chi connectivity index (χ1) is 10.2. The number of fused-ring (bicyclic) bond motifs is 1. The lowest BCUT2D eigenvalue weighted by Gasteiger charge is -2.06. The molecule has 4 heteroatoms. The summed E-state index contributed by atoms with van der Waals surface area (Å²) in [5.74, 6) is -1.06. The molecule has 0 spiro atoms. The second-order valence-electron chi connectivity index (χ2n) is 5.03. The summed E-state index contributed by atoms with van der Waals surface area (Å²) in [5.41, 5.74) is 2.52. The Labute approximate surface area is 122 Å². The molecule has 0 N–H and O–H groups in total. The summed E-state index contributed by atoms with van der Waals surface area (Å²) in [6.45, 7) is 2.16. The molecule has 2 aromatic rings. The fourth-order valence-electron chi connectivity index (χ4n) is 2.52. The van der Waals surface area contributed by atoms with Crippen LogP contribution in [0.1, 0.15) is 33.2 Å². The fourth-order valence-corrected chi connectivity index (χ4v) is 2.52. The summed E-state index contributed by atoms with van der Waals surface area (Å²) in [6.07, 6.45) is 3.42.